The number of hydrogen-bond acceptors (Lipinski definition) is 2. The molecule has 98 valence electrons. The molecule has 0 aliphatic carbocycles. The Balaban J connectivity index is 2.18. The lowest BCUT2D eigenvalue weighted by Crippen LogP contribution is -2.17. The Morgan fingerprint density at radius 2 is 1.89 bits per heavy atom. The normalized spacial score (nSPS) is 17.1. The van der Waals surface area contributed by atoms with Crippen LogP contribution in [0.2, 0.25) is 10.0 Å². The van der Waals surface area contributed by atoms with E-state index in [-0.39, 0.29) is 12.7 Å². The number of benzene rings is 2. The predicted molar refractivity (Wildman–Crippen MR) is 77.1 cm³/mol. The number of fused-ring (bicyclic) bond motifs is 1. The van der Waals surface area contributed by atoms with Crippen LogP contribution >= 0.6 is 23.2 Å². The Morgan fingerprint density at radius 1 is 1.11 bits per heavy atom. The summed E-state index contributed by atoms with van der Waals surface area (Å²) in [6.45, 7) is -0.00569. The van der Waals surface area contributed by atoms with E-state index in [0.29, 0.717) is 16.5 Å². The van der Waals surface area contributed by atoms with E-state index >= 15 is 0 Å². The van der Waals surface area contributed by atoms with Gasteiger partial charge in [0.05, 0.1) is 11.6 Å². The van der Waals surface area contributed by atoms with Crippen molar-refractivity contribution < 1.29 is 9.84 Å². The Hall–Kier alpha value is -1.22. The van der Waals surface area contributed by atoms with Gasteiger partial charge in [-0.1, -0.05) is 47.5 Å². The molecule has 0 saturated carbocycles. The SMILES string of the molecule is OC[C@@H]1Cc2ccc(Cl)c(-c3ccccc3Cl)c2O1. The lowest BCUT2D eigenvalue weighted by Gasteiger charge is -2.13. The molecule has 3 rings (SSSR count). The molecule has 2 aromatic carbocycles. The third kappa shape index (κ3) is 2.20. The fraction of sp³-hybridized carbons (Fsp3) is 0.200. The third-order valence-corrected chi connectivity index (χ3v) is 3.91. The van der Waals surface area contributed by atoms with Crippen LogP contribution in [-0.2, 0) is 6.42 Å². The highest BCUT2D eigenvalue weighted by molar-refractivity contribution is 6.36. The predicted octanol–water partition coefficient (Wildman–Crippen LogP) is 3.96. The van der Waals surface area contributed by atoms with Gasteiger partial charge in [-0.3, -0.25) is 0 Å². The first-order valence-electron chi connectivity index (χ1n) is 6.04. The number of ether oxygens (including phenoxy) is 1. The van der Waals surface area contributed by atoms with Gasteiger partial charge >= 0.3 is 0 Å². The molecular weight excluding hydrogens is 283 g/mol. The van der Waals surface area contributed by atoms with Crippen LogP contribution in [0.3, 0.4) is 0 Å². The minimum Gasteiger partial charge on any atom is -0.487 e. The first kappa shape index (κ1) is 12.8. The highest BCUT2D eigenvalue weighted by Crippen LogP contribution is 2.45. The average molecular weight is 295 g/mol. The van der Waals surface area contributed by atoms with E-state index in [0.717, 1.165) is 22.4 Å². The van der Waals surface area contributed by atoms with E-state index < -0.39 is 0 Å². The summed E-state index contributed by atoms with van der Waals surface area (Å²) in [6.07, 6.45) is 0.496. The van der Waals surface area contributed by atoms with Gasteiger partial charge in [0, 0.05) is 22.6 Å². The lowest BCUT2D eigenvalue weighted by atomic mass is 10.0. The van der Waals surface area contributed by atoms with Gasteiger partial charge in [-0.15, -0.1) is 0 Å². The first-order valence-corrected chi connectivity index (χ1v) is 6.80. The van der Waals surface area contributed by atoms with Gasteiger partial charge in [0.25, 0.3) is 0 Å². The van der Waals surface area contributed by atoms with Crippen LogP contribution in [0.1, 0.15) is 5.56 Å². The van der Waals surface area contributed by atoms with E-state index in [1.165, 1.54) is 0 Å². The van der Waals surface area contributed by atoms with Gasteiger partial charge in [0.15, 0.2) is 0 Å². The minimum atomic E-state index is -0.199. The Bertz CT molecular complexity index is 626. The van der Waals surface area contributed by atoms with Crippen LogP contribution in [-0.4, -0.2) is 17.8 Å². The van der Waals surface area contributed by atoms with Gasteiger partial charge in [-0.2, -0.15) is 0 Å². The van der Waals surface area contributed by atoms with E-state index in [1.807, 2.05) is 36.4 Å². The maximum absolute atomic E-state index is 9.24. The first-order chi connectivity index (χ1) is 9.20. The molecule has 4 heteroatoms. The zero-order chi connectivity index (χ0) is 13.4. The Kier molecular flexibility index (Phi) is 3.40. The molecular formula is C15H12Cl2O2. The molecule has 1 aliphatic rings. The van der Waals surface area contributed by atoms with Gasteiger partial charge in [-0.25, -0.2) is 0 Å². The summed E-state index contributed by atoms with van der Waals surface area (Å²) < 4.78 is 5.78. The van der Waals surface area contributed by atoms with Crippen molar-refractivity contribution in [1.29, 1.82) is 0 Å². The largest absolute Gasteiger partial charge is 0.487 e. The summed E-state index contributed by atoms with van der Waals surface area (Å²) in [6, 6.07) is 11.3. The summed E-state index contributed by atoms with van der Waals surface area (Å²) in [5.74, 6) is 0.736. The molecule has 1 N–H and O–H groups in total. The second-order valence-corrected chi connectivity index (χ2v) is 5.33. The third-order valence-electron chi connectivity index (χ3n) is 3.27. The number of aliphatic hydroxyl groups excluding tert-OH is 1. The molecule has 0 unspecified atom stereocenters. The second-order valence-electron chi connectivity index (χ2n) is 4.52. The fourth-order valence-electron chi connectivity index (χ4n) is 2.37. The maximum atomic E-state index is 9.24. The molecule has 0 spiro atoms. The van der Waals surface area contributed by atoms with Crippen LogP contribution in [0, 0.1) is 0 Å². The summed E-state index contributed by atoms with van der Waals surface area (Å²) in [4.78, 5) is 0. The fourth-order valence-corrected chi connectivity index (χ4v) is 2.85. The summed E-state index contributed by atoms with van der Waals surface area (Å²) >= 11 is 12.5. The van der Waals surface area contributed by atoms with E-state index in [2.05, 4.69) is 0 Å². The van der Waals surface area contributed by atoms with E-state index in [4.69, 9.17) is 27.9 Å². The van der Waals surface area contributed by atoms with Crippen molar-refractivity contribution in [3.05, 3.63) is 52.0 Å². The molecule has 1 aliphatic heterocycles. The molecule has 19 heavy (non-hydrogen) atoms. The molecule has 0 aromatic heterocycles. The van der Waals surface area contributed by atoms with Crippen LogP contribution < -0.4 is 4.74 Å². The van der Waals surface area contributed by atoms with Crippen molar-refractivity contribution in [3.63, 3.8) is 0 Å². The zero-order valence-corrected chi connectivity index (χ0v) is 11.6. The maximum Gasteiger partial charge on any atom is 0.132 e. The molecule has 1 heterocycles. The molecule has 2 nitrogen and oxygen atoms in total. The van der Waals surface area contributed by atoms with Crippen molar-refractivity contribution in [2.75, 3.05) is 6.61 Å². The smallest absolute Gasteiger partial charge is 0.132 e. The quantitative estimate of drug-likeness (QED) is 0.908. The molecule has 0 amide bonds. The molecule has 2 aromatic rings. The highest BCUT2D eigenvalue weighted by Gasteiger charge is 2.27. The number of rotatable bonds is 2. The van der Waals surface area contributed by atoms with Crippen LogP contribution in [0.4, 0.5) is 0 Å². The van der Waals surface area contributed by atoms with Gasteiger partial charge in [0.2, 0.25) is 0 Å². The number of hydrogen-bond donors (Lipinski definition) is 1. The summed E-state index contributed by atoms with van der Waals surface area (Å²) in [5, 5.41) is 10.5. The summed E-state index contributed by atoms with van der Waals surface area (Å²) in [5.41, 5.74) is 2.71. The highest BCUT2D eigenvalue weighted by atomic mass is 35.5. The molecule has 0 radical (unpaired) electrons. The summed E-state index contributed by atoms with van der Waals surface area (Å²) in [7, 11) is 0. The molecule has 0 fully saturated rings. The van der Waals surface area contributed by atoms with Gasteiger partial charge < -0.3 is 9.84 Å². The van der Waals surface area contributed by atoms with Crippen LogP contribution in [0.15, 0.2) is 36.4 Å². The number of halogens is 2. The lowest BCUT2D eigenvalue weighted by molar-refractivity contribution is 0.135. The molecule has 1 atom stereocenters. The van der Waals surface area contributed by atoms with Crippen LogP contribution in [0.25, 0.3) is 11.1 Å². The molecule has 0 bridgehead atoms. The van der Waals surface area contributed by atoms with E-state index in [9.17, 15) is 5.11 Å². The minimum absolute atomic E-state index is 0.00569. The van der Waals surface area contributed by atoms with E-state index in [1.54, 1.807) is 0 Å². The van der Waals surface area contributed by atoms with Crippen molar-refractivity contribution in [2.24, 2.45) is 0 Å². The zero-order valence-electron chi connectivity index (χ0n) is 10.1. The van der Waals surface area contributed by atoms with Crippen LogP contribution in [0.5, 0.6) is 5.75 Å². The monoisotopic (exact) mass is 294 g/mol. The van der Waals surface area contributed by atoms with Crippen molar-refractivity contribution in [1.82, 2.24) is 0 Å². The van der Waals surface area contributed by atoms with Crippen molar-refractivity contribution in [2.45, 2.75) is 12.5 Å². The second kappa shape index (κ2) is 5.04. The van der Waals surface area contributed by atoms with Crippen molar-refractivity contribution >= 4 is 23.2 Å². The topological polar surface area (TPSA) is 29.5 Å². The van der Waals surface area contributed by atoms with Crippen molar-refractivity contribution in [3.8, 4) is 16.9 Å². The number of aliphatic hydroxyl groups is 1. The van der Waals surface area contributed by atoms with Gasteiger partial charge in [0.1, 0.15) is 11.9 Å². The Morgan fingerprint density at radius 3 is 2.63 bits per heavy atom. The molecule has 0 saturated heterocycles. The average Bonchev–Trinajstić information content (AvgIpc) is 2.83. The standard InChI is InChI=1S/C15H12Cl2O2/c16-12-4-2-1-3-11(12)14-13(17)6-5-9-7-10(8-18)19-15(9)14/h1-6,10,18H,7-8H2/t10-/m0/s1. The van der Waals surface area contributed by atoms with Gasteiger partial charge in [-0.05, 0) is 17.7 Å². The Labute approximate surface area is 121 Å².